The molecule has 0 saturated heterocycles. The van der Waals surface area contributed by atoms with E-state index < -0.39 is 4.92 Å². The van der Waals surface area contributed by atoms with Crippen LogP contribution in [0.25, 0.3) is 11.3 Å². The SMILES string of the molecule is COc1c(N)ncnc1-c1cccc([N+](=O)[O-])c1. The van der Waals surface area contributed by atoms with Gasteiger partial charge in [0.25, 0.3) is 5.69 Å². The number of nitrogens with two attached hydrogens (primary N) is 1. The summed E-state index contributed by atoms with van der Waals surface area (Å²) >= 11 is 0. The van der Waals surface area contributed by atoms with Crippen molar-refractivity contribution in [3.63, 3.8) is 0 Å². The van der Waals surface area contributed by atoms with E-state index in [4.69, 9.17) is 10.5 Å². The van der Waals surface area contributed by atoms with Crippen LogP contribution in [0.1, 0.15) is 0 Å². The van der Waals surface area contributed by atoms with Gasteiger partial charge in [-0.25, -0.2) is 9.97 Å². The topological polar surface area (TPSA) is 104 Å². The van der Waals surface area contributed by atoms with E-state index in [2.05, 4.69) is 9.97 Å². The molecular formula is C11H10N4O3. The van der Waals surface area contributed by atoms with E-state index in [1.807, 2.05) is 0 Å². The maximum absolute atomic E-state index is 10.7. The van der Waals surface area contributed by atoms with Gasteiger partial charge in [0.15, 0.2) is 11.6 Å². The Hall–Kier alpha value is -2.70. The van der Waals surface area contributed by atoms with Crippen LogP contribution in [0.4, 0.5) is 11.5 Å². The number of ether oxygens (including phenoxy) is 1. The van der Waals surface area contributed by atoms with Crippen LogP contribution >= 0.6 is 0 Å². The molecule has 2 N–H and O–H groups in total. The zero-order chi connectivity index (χ0) is 13.1. The van der Waals surface area contributed by atoms with E-state index >= 15 is 0 Å². The summed E-state index contributed by atoms with van der Waals surface area (Å²) in [5.41, 5.74) is 6.61. The van der Waals surface area contributed by atoms with E-state index in [-0.39, 0.29) is 11.5 Å². The van der Waals surface area contributed by atoms with E-state index in [0.29, 0.717) is 17.0 Å². The average Bonchev–Trinajstić information content (AvgIpc) is 2.38. The van der Waals surface area contributed by atoms with E-state index in [0.717, 1.165) is 0 Å². The molecule has 1 heterocycles. The molecule has 1 aromatic heterocycles. The van der Waals surface area contributed by atoms with Crippen molar-refractivity contribution < 1.29 is 9.66 Å². The first-order chi connectivity index (χ1) is 8.63. The van der Waals surface area contributed by atoms with Gasteiger partial charge in [-0.05, 0) is 0 Å². The molecule has 0 radical (unpaired) electrons. The third kappa shape index (κ3) is 2.05. The second kappa shape index (κ2) is 4.66. The Labute approximate surface area is 102 Å². The van der Waals surface area contributed by atoms with Crippen LogP contribution in [-0.2, 0) is 0 Å². The van der Waals surface area contributed by atoms with Crippen LogP contribution in [0.2, 0.25) is 0 Å². The smallest absolute Gasteiger partial charge is 0.270 e. The molecule has 0 saturated carbocycles. The molecule has 18 heavy (non-hydrogen) atoms. The second-order valence-corrected chi connectivity index (χ2v) is 3.45. The van der Waals surface area contributed by atoms with Crippen LogP contribution in [0, 0.1) is 10.1 Å². The summed E-state index contributed by atoms with van der Waals surface area (Å²) < 4.78 is 5.11. The van der Waals surface area contributed by atoms with Crippen molar-refractivity contribution in [1.29, 1.82) is 0 Å². The second-order valence-electron chi connectivity index (χ2n) is 3.45. The van der Waals surface area contributed by atoms with Gasteiger partial charge in [-0.1, -0.05) is 12.1 Å². The molecule has 0 aliphatic rings. The number of non-ortho nitro benzene ring substituents is 1. The number of nitro benzene ring substituents is 1. The van der Waals surface area contributed by atoms with Crippen LogP contribution in [-0.4, -0.2) is 22.0 Å². The van der Waals surface area contributed by atoms with Crippen molar-refractivity contribution in [2.24, 2.45) is 0 Å². The molecule has 0 amide bonds. The molecule has 0 aliphatic heterocycles. The molecule has 0 bridgehead atoms. The molecule has 2 aromatic rings. The summed E-state index contributed by atoms with van der Waals surface area (Å²) in [6.07, 6.45) is 1.28. The number of hydrogen-bond acceptors (Lipinski definition) is 6. The lowest BCUT2D eigenvalue weighted by Gasteiger charge is -2.08. The monoisotopic (exact) mass is 246 g/mol. The first kappa shape index (κ1) is 11.8. The Morgan fingerprint density at radius 1 is 1.39 bits per heavy atom. The Morgan fingerprint density at radius 3 is 2.83 bits per heavy atom. The van der Waals surface area contributed by atoms with Crippen LogP contribution in [0.15, 0.2) is 30.6 Å². The highest BCUT2D eigenvalue weighted by Gasteiger charge is 2.14. The maximum atomic E-state index is 10.7. The number of nitrogens with zero attached hydrogens (tertiary/aromatic N) is 3. The lowest BCUT2D eigenvalue weighted by Crippen LogP contribution is -2.00. The summed E-state index contributed by atoms with van der Waals surface area (Å²) in [4.78, 5) is 18.1. The third-order valence-corrected chi connectivity index (χ3v) is 2.37. The average molecular weight is 246 g/mol. The Kier molecular flexibility index (Phi) is 3.05. The number of nitro groups is 1. The first-order valence-corrected chi connectivity index (χ1v) is 5.02. The largest absolute Gasteiger partial charge is 0.491 e. The number of aromatic nitrogens is 2. The molecule has 7 nitrogen and oxygen atoms in total. The zero-order valence-corrected chi connectivity index (χ0v) is 9.53. The van der Waals surface area contributed by atoms with Crippen molar-refractivity contribution in [1.82, 2.24) is 9.97 Å². The van der Waals surface area contributed by atoms with Crippen LogP contribution in [0.5, 0.6) is 5.75 Å². The third-order valence-electron chi connectivity index (χ3n) is 2.37. The molecular weight excluding hydrogens is 236 g/mol. The Morgan fingerprint density at radius 2 is 2.17 bits per heavy atom. The fraction of sp³-hybridized carbons (Fsp3) is 0.0909. The number of methoxy groups -OCH3 is 1. The molecule has 7 heteroatoms. The van der Waals surface area contributed by atoms with Crippen molar-refractivity contribution in [2.75, 3.05) is 12.8 Å². The number of nitrogen functional groups attached to an aromatic ring is 1. The standard InChI is InChI=1S/C11H10N4O3/c1-18-10-9(13-6-14-11(10)12)7-3-2-4-8(5-7)15(16)17/h2-6H,1H3,(H2,12,13,14). The quantitative estimate of drug-likeness (QED) is 0.652. The fourth-order valence-corrected chi connectivity index (χ4v) is 1.56. The minimum atomic E-state index is -0.472. The lowest BCUT2D eigenvalue weighted by atomic mass is 10.1. The predicted octanol–water partition coefficient (Wildman–Crippen LogP) is 1.64. The molecule has 0 aliphatic carbocycles. The van der Waals surface area contributed by atoms with Gasteiger partial charge in [0.1, 0.15) is 12.0 Å². The van der Waals surface area contributed by atoms with Gasteiger partial charge < -0.3 is 10.5 Å². The van der Waals surface area contributed by atoms with Crippen molar-refractivity contribution in [3.8, 4) is 17.0 Å². The molecule has 0 fully saturated rings. The lowest BCUT2D eigenvalue weighted by molar-refractivity contribution is -0.384. The highest BCUT2D eigenvalue weighted by atomic mass is 16.6. The minimum absolute atomic E-state index is 0.0215. The van der Waals surface area contributed by atoms with Gasteiger partial charge in [0.2, 0.25) is 0 Å². The molecule has 0 atom stereocenters. The van der Waals surface area contributed by atoms with Gasteiger partial charge in [0, 0.05) is 17.7 Å². The summed E-state index contributed by atoms with van der Waals surface area (Å²) in [6, 6.07) is 6.08. The van der Waals surface area contributed by atoms with E-state index in [9.17, 15) is 10.1 Å². The number of hydrogen-bond donors (Lipinski definition) is 1. The molecule has 1 aromatic carbocycles. The summed E-state index contributed by atoms with van der Waals surface area (Å²) in [6.45, 7) is 0. The molecule has 2 rings (SSSR count). The van der Waals surface area contributed by atoms with Crippen LogP contribution < -0.4 is 10.5 Å². The molecule has 0 unspecified atom stereocenters. The maximum Gasteiger partial charge on any atom is 0.270 e. The summed E-state index contributed by atoms with van der Waals surface area (Å²) in [7, 11) is 1.44. The van der Waals surface area contributed by atoms with Gasteiger partial charge >= 0.3 is 0 Å². The van der Waals surface area contributed by atoms with Gasteiger partial charge in [0.05, 0.1) is 12.0 Å². The van der Waals surface area contributed by atoms with Crippen molar-refractivity contribution in [2.45, 2.75) is 0 Å². The van der Waals surface area contributed by atoms with Crippen molar-refractivity contribution >= 4 is 11.5 Å². The molecule has 0 spiro atoms. The normalized spacial score (nSPS) is 10.1. The van der Waals surface area contributed by atoms with Gasteiger partial charge in [-0.2, -0.15) is 0 Å². The number of rotatable bonds is 3. The predicted molar refractivity (Wildman–Crippen MR) is 65.1 cm³/mol. The highest BCUT2D eigenvalue weighted by molar-refractivity contribution is 5.72. The number of anilines is 1. The number of benzene rings is 1. The van der Waals surface area contributed by atoms with Gasteiger partial charge in [-0.3, -0.25) is 10.1 Å². The van der Waals surface area contributed by atoms with Crippen molar-refractivity contribution in [3.05, 3.63) is 40.7 Å². The molecule has 92 valence electrons. The highest BCUT2D eigenvalue weighted by Crippen LogP contribution is 2.32. The summed E-state index contributed by atoms with van der Waals surface area (Å²) in [5.74, 6) is 0.493. The Bertz CT molecular complexity index is 601. The zero-order valence-electron chi connectivity index (χ0n) is 9.53. The first-order valence-electron chi connectivity index (χ1n) is 5.02. The van der Waals surface area contributed by atoms with E-state index in [1.54, 1.807) is 12.1 Å². The fourth-order valence-electron chi connectivity index (χ4n) is 1.56. The van der Waals surface area contributed by atoms with Crippen LogP contribution in [0.3, 0.4) is 0 Å². The summed E-state index contributed by atoms with van der Waals surface area (Å²) in [5, 5.41) is 10.7. The van der Waals surface area contributed by atoms with Gasteiger partial charge in [-0.15, -0.1) is 0 Å². The minimum Gasteiger partial charge on any atom is -0.491 e. The Balaban J connectivity index is 2.58. The van der Waals surface area contributed by atoms with E-state index in [1.165, 1.54) is 25.6 Å².